The number of carbonyl (C=O) groups excluding carboxylic acids is 2. The van der Waals surface area contributed by atoms with Crippen molar-refractivity contribution in [1.82, 2.24) is 5.32 Å². The lowest BCUT2D eigenvalue weighted by Gasteiger charge is -2.29. The van der Waals surface area contributed by atoms with E-state index in [1.165, 1.54) is 12.1 Å². The minimum absolute atomic E-state index is 0.00383. The van der Waals surface area contributed by atoms with Gasteiger partial charge in [0.1, 0.15) is 0 Å². The molecule has 2 N–H and O–H groups in total. The van der Waals surface area contributed by atoms with Crippen LogP contribution in [0.3, 0.4) is 0 Å². The molecule has 2 atom stereocenters. The maximum atomic E-state index is 12.4. The van der Waals surface area contributed by atoms with Crippen LogP contribution in [0.2, 0.25) is 0 Å². The number of ether oxygens (including phenoxy) is 2. The number of nitro groups is 1. The third-order valence-electron chi connectivity index (χ3n) is 4.85. The Hall–Kier alpha value is -2.68. The van der Waals surface area contributed by atoms with Gasteiger partial charge in [-0.1, -0.05) is 19.8 Å². The second-order valence-electron chi connectivity index (χ2n) is 6.92. The Bertz CT molecular complexity index is 709. The Morgan fingerprint density at radius 2 is 2.04 bits per heavy atom. The molecule has 0 radical (unpaired) electrons. The summed E-state index contributed by atoms with van der Waals surface area (Å²) in [6.07, 6.45) is 4.21. The molecule has 1 aliphatic carbocycles. The number of rotatable bonds is 9. The lowest BCUT2D eigenvalue weighted by Crippen LogP contribution is -2.42. The van der Waals surface area contributed by atoms with E-state index in [2.05, 4.69) is 17.6 Å². The summed E-state index contributed by atoms with van der Waals surface area (Å²) >= 11 is 0. The van der Waals surface area contributed by atoms with Gasteiger partial charge < -0.3 is 20.1 Å². The second kappa shape index (κ2) is 10.6. The van der Waals surface area contributed by atoms with Gasteiger partial charge in [0.2, 0.25) is 0 Å². The number of benzene rings is 1. The zero-order chi connectivity index (χ0) is 20.5. The molecule has 1 fully saturated rings. The Morgan fingerprint density at radius 1 is 1.29 bits per heavy atom. The smallest absolute Gasteiger partial charge is 0.341 e. The van der Waals surface area contributed by atoms with Crippen molar-refractivity contribution in [3.63, 3.8) is 0 Å². The highest BCUT2D eigenvalue weighted by Crippen LogP contribution is 2.24. The van der Waals surface area contributed by atoms with E-state index in [-0.39, 0.29) is 23.2 Å². The highest BCUT2D eigenvalue weighted by atomic mass is 16.6. The molecule has 1 aliphatic rings. The summed E-state index contributed by atoms with van der Waals surface area (Å²) in [5.74, 6) is -0.774. The molecule has 0 aliphatic heterocycles. The van der Waals surface area contributed by atoms with Crippen LogP contribution < -0.4 is 10.6 Å². The van der Waals surface area contributed by atoms with Crippen LogP contribution in [0.1, 0.15) is 43.0 Å². The van der Waals surface area contributed by atoms with Gasteiger partial charge in [0, 0.05) is 37.5 Å². The van der Waals surface area contributed by atoms with Crippen LogP contribution in [0.5, 0.6) is 0 Å². The zero-order valence-electron chi connectivity index (χ0n) is 16.2. The van der Waals surface area contributed by atoms with E-state index < -0.39 is 17.5 Å². The molecule has 9 nitrogen and oxygen atoms in total. The fraction of sp³-hybridized carbons (Fsp3) is 0.579. The average Bonchev–Trinajstić information content (AvgIpc) is 2.68. The largest absolute Gasteiger partial charge is 0.452 e. The van der Waals surface area contributed by atoms with Gasteiger partial charge in [0.15, 0.2) is 6.61 Å². The van der Waals surface area contributed by atoms with E-state index in [9.17, 15) is 19.7 Å². The van der Waals surface area contributed by atoms with Crippen molar-refractivity contribution < 1.29 is 24.0 Å². The zero-order valence-corrected chi connectivity index (χ0v) is 16.2. The number of hydrogen-bond donors (Lipinski definition) is 2. The summed E-state index contributed by atoms with van der Waals surface area (Å²) in [7, 11) is 1.54. The van der Waals surface area contributed by atoms with Crippen LogP contribution in [-0.4, -0.2) is 49.7 Å². The van der Waals surface area contributed by atoms with Crippen LogP contribution in [-0.2, 0) is 14.3 Å². The molecule has 0 unspecified atom stereocenters. The van der Waals surface area contributed by atoms with Crippen LogP contribution in [0.25, 0.3) is 0 Å². The summed E-state index contributed by atoms with van der Waals surface area (Å²) in [6, 6.07) is 3.96. The Balaban J connectivity index is 1.99. The van der Waals surface area contributed by atoms with E-state index in [0.29, 0.717) is 24.8 Å². The first-order valence-electron chi connectivity index (χ1n) is 9.40. The summed E-state index contributed by atoms with van der Waals surface area (Å²) in [4.78, 5) is 35.0. The molecule has 9 heteroatoms. The lowest BCUT2D eigenvalue weighted by molar-refractivity contribution is -0.384. The first-order chi connectivity index (χ1) is 13.4. The SMILES string of the molecule is COCCNc1ccc([N+](=O)[O-])cc1C(=O)OCC(=O)N[C@@H]1CCCC[C@H]1C. The predicted octanol–water partition coefficient (Wildman–Crippen LogP) is 2.50. The summed E-state index contributed by atoms with van der Waals surface area (Å²) in [5.41, 5.74) is 0.155. The predicted molar refractivity (Wildman–Crippen MR) is 103 cm³/mol. The number of amides is 1. The van der Waals surface area contributed by atoms with Gasteiger partial charge in [0.05, 0.1) is 17.1 Å². The van der Waals surface area contributed by atoms with E-state index in [1.807, 2.05) is 0 Å². The summed E-state index contributed by atoms with van der Waals surface area (Å²) in [5, 5.41) is 16.9. The van der Waals surface area contributed by atoms with Crippen LogP contribution in [0.15, 0.2) is 18.2 Å². The third-order valence-corrected chi connectivity index (χ3v) is 4.85. The molecular weight excluding hydrogens is 366 g/mol. The van der Waals surface area contributed by atoms with E-state index in [1.54, 1.807) is 7.11 Å². The van der Waals surface area contributed by atoms with Gasteiger partial charge in [-0.15, -0.1) is 0 Å². The van der Waals surface area contributed by atoms with Crippen molar-refractivity contribution in [3.05, 3.63) is 33.9 Å². The molecule has 0 bridgehead atoms. The number of esters is 1. The summed E-state index contributed by atoms with van der Waals surface area (Å²) in [6.45, 7) is 2.47. The second-order valence-corrected chi connectivity index (χ2v) is 6.92. The average molecular weight is 393 g/mol. The molecule has 28 heavy (non-hydrogen) atoms. The summed E-state index contributed by atoms with van der Waals surface area (Å²) < 4.78 is 10.0. The van der Waals surface area contributed by atoms with Gasteiger partial charge >= 0.3 is 5.97 Å². The molecule has 2 rings (SSSR count). The minimum Gasteiger partial charge on any atom is -0.452 e. The van der Waals surface area contributed by atoms with Gasteiger partial charge in [0.25, 0.3) is 11.6 Å². The number of carbonyl (C=O) groups is 2. The number of methoxy groups -OCH3 is 1. The van der Waals surface area contributed by atoms with Crippen molar-refractivity contribution in [2.75, 3.05) is 32.2 Å². The molecular formula is C19H27N3O6. The minimum atomic E-state index is -0.796. The van der Waals surface area contributed by atoms with Gasteiger partial charge in [-0.05, 0) is 24.8 Å². The van der Waals surface area contributed by atoms with E-state index in [0.717, 1.165) is 31.7 Å². The van der Waals surface area contributed by atoms with E-state index in [4.69, 9.17) is 9.47 Å². The highest BCUT2D eigenvalue weighted by molar-refractivity contribution is 5.97. The topological polar surface area (TPSA) is 120 Å². The Kier molecular flexibility index (Phi) is 8.19. The first-order valence-corrected chi connectivity index (χ1v) is 9.40. The van der Waals surface area contributed by atoms with Crippen LogP contribution >= 0.6 is 0 Å². The standard InChI is InChI=1S/C19H27N3O6/c1-13-5-3-4-6-16(13)21-18(23)12-28-19(24)15-11-14(22(25)26)7-8-17(15)20-9-10-27-2/h7-8,11,13,16,20H,3-6,9-10,12H2,1-2H3,(H,21,23)/t13-,16-/m1/s1. The van der Waals surface area contributed by atoms with Gasteiger partial charge in [-0.25, -0.2) is 4.79 Å². The van der Waals surface area contributed by atoms with E-state index >= 15 is 0 Å². The molecule has 1 amide bonds. The number of hydrogen-bond acceptors (Lipinski definition) is 7. The van der Waals surface area contributed by atoms with Crippen molar-refractivity contribution >= 4 is 23.3 Å². The van der Waals surface area contributed by atoms with Crippen molar-refractivity contribution in [2.24, 2.45) is 5.92 Å². The normalized spacial score (nSPS) is 18.9. The molecule has 154 valence electrons. The third kappa shape index (κ3) is 6.19. The number of nitrogens with zero attached hydrogens (tertiary/aromatic N) is 1. The Morgan fingerprint density at radius 3 is 2.71 bits per heavy atom. The van der Waals surface area contributed by atoms with Crippen molar-refractivity contribution in [2.45, 2.75) is 38.6 Å². The number of anilines is 1. The maximum Gasteiger partial charge on any atom is 0.341 e. The molecule has 0 saturated heterocycles. The highest BCUT2D eigenvalue weighted by Gasteiger charge is 2.24. The van der Waals surface area contributed by atoms with Crippen molar-refractivity contribution in [1.29, 1.82) is 0 Å². The van der Waals surface area contributed by atoms with Gasteiger partial charge in [-0.3, -0.25) is 14.9 Å². The maximum absolute atomic E-state index is 12.4. The van der Waals surface area contributed by atoms with Crippen LogP contribution in [0, 0.1) is 16.0 Å². The quantitative estimate of drug-likeness (QED) is 0.286. The molecule has 1 aromatic carbocycles. The number of nitrogens with one attached hydrogen (secondary N) is 2. The molecule has 1 saturated carbocycles. The fourth-order valence-electron chi connectivity index (χ4n) is 3.24. The van der Waals surface area contributed by atoms with Crippen molar-refractivity contribution in [3.8, 4) is 0 Å². The first kappa shape index (κ1) is 21.6. The lowest BCUT2D eigenvalue weighted by atomic mass is 9.86. The molecule has 0 aromatic heterocycles. The molecule has 0 spiro atoms. The monoisotopic (exact) mass is 393 g/mol. The number of non-ortho nitro benzene ring substituents is 1. The molecule has 0 heterocycles. The fourth-order valence-corrected chi connectivity index (χ4v) is 3.24. The molecule has 1 aromatic rings. The van der Waals surface area contributed by atoms with Crippen LogP contribution in [0.4, 0.5) is 11.4 Å². The number of nitro benzene ring substituents is 1. The Labute approximate surface area is 163 Å². The van der Waals surface area contributed by atoms with Gasteiger partial charge in [-0.2, -0.15) is 0 Å².